The Labute approximate surface area is 99.2 Å². The second-order valence-corrected chi connectivity index (χ2v) is 5.43. The summed E-state index contributed by atoms with van der Waals surface area (Å²) in [5.41, 5.74) is 0. The minimum Gasteiger partial charge on any atom is -0.396 e. The fourth-order valence-corrected chi connectivity index (χ4v) is 3.29. The highest BCUT2D eigenvalue weighted by atomic mass is 16.2. The number of aliphatic hydroxyl groups is 1. The Kier molecular flexibility index (Phi) is 4.62. The van der Waals surface area contributed by atoms with Crippen LogP contribution in [0.4, 0.5) is 0 Å². The molecule has 0 spiro atoms. The smallest absolute Gasteiger partial charge is 0.0431 e. The molecule has 2 saturated heterocycles. The van der Waals surface area contributed by atoms with Crippen molar-refractivity contribution in [3.05, 3.63) is 0 Å². The summed E-state index contributed by atoms with van der Waals surface area (Å²) < 4.78 is 0. The summed E-state index contributed by atoms with van der Waals surface area (Å²) in [5, 5.41) is 12.6. The number of nitrogens with zero attached hydrogens (tertiary/aromatic N) is 1. The predicted octanol–water partition coefficient (Wildman–Crippen LogP) is 1.36. The van der Waals surface area contributed by atoms with Gasteiger partial charge in [-0.15, -0.1) is 0 Å². The van der Waals surface area contributed by atoms with Gasteiger partial charge in [-0.05, 0) is 45.6 Å². The summed E-state index contributed by atoms with van der Waals surface area (Å²) in [5.74, 6) is 0. The summed E-state index contributed by atoms with van der Waals surface area (Å²) in [6, 6.07) is 2.05. The van der Waals surface area contributed by atoms with Gasteiger partial charge in [-0.25, -0.2) is 0 Å². The van der Waals surface area contributed by atoms with Crippen LogP contribution in [0.3, 0.4) is 0 Å². The van der Waals surface area contributed by atoms with Gasteiger partial charge < -0.3 is 10.4 Å². The van der Waals surface area contributed by atoms with Crippen molar-refractivity contribution in [2.24, 2.45) is 0 Å². The molecule has 2 rings (SSSR count). The summed E-state index contributed by atoms with van der Waals surface area (Å²) >= 11 is 0. The maximum Gasteiger partial charge on any atom is 0.0431 e. The normalized spacial score (nSPS) is 32.6. The van der Waals surface area contributed by atoms with Crippen molar-refractivity contribution in [1.82, 2.24) is 10.2 Å². The summed E-state index contributed by atoms with van der Waals surface area (Å²) in [7, 11) is 0. The Morgan fingerprint density at radius 2 is 2.19 bits per heavy atom. The van der Waals surface area contributed by atoms with E-state index in [1.165, 1.54) is 38.8 Å². The first-order valence-corrected chi connectivity index (χ1v) is 6.92. The van der Waals surface area contributed by atoms with Gasteiger partial charge in [-0.1, -0.05) is 6.42 Å². The number of piperidine rings is 1. The lowest BCUT2D eigenvalue weighted by Crippen LogP contribution is -2.47. The number of aliphatic hydroxyl groups excluding tert-OH is 1. The maximum atomic E-state index is 8.83. The van der Waals surface area contributed by atoms with Crippen molar-refractivity contribution >= 4 is 0 Å². The molecule has 2 aliphatic heterocycles. The molecule has 0 amide bonds. The first-order valence-electron chi connectivity index (χ1n) is 6.92. The van der Waals surface area contributed by atoms with Crippen LogP contribution in [-0.4, -0.2) is 47.8 Å². The third-order valence-corrected chi connectivity index (χ3v) is 4.15. The SMILES string of the molecule is CC(CCCO)NC1CCN2CCCCC12. The number of fused-ring (bicyclic) bond motifs is 1. The molecule has 0 saturated carbocycles. The quantitative estimate of drug-likeness (QED) is 0.743. The number of hydrogen-bond donors (Lipinski definition) is 2. The van der Waals surface area contributed by atoms with E-state index in [0.29, 0.717) is 18.7 Å². The molecule has 3 unspecified atom stereocenters. The third-order valence-electron chi connectivity index (χ3n) is 4.15. The van der Waals surface area contributed by atoms with E-state index in [0.717, 1.165) is 18.9 Å². The van der Waals surface area contributed by atoms with Gasteiger partial charge in [0, 0.05) is 31.3 Å². The molecule has 2 fully saturated rings. The van der Waals surface area contributed by atoms with E-state index in [2.05, 4.69) is 17.1 Å². The van der Waals surface area contributed by atoms with Crippen LogP contribution in [0.5, 0.6) is 0 Å². The van der Waals surface area contributed by atoms with Gasteiger partial charge in [0.1, 0.15) is 0 Å². The molecule has 16 heavy (non-hydrogen) atoms. The van der Waals surface area contributed by atoms with Crippen molar-refractivity contribution in [3.63, 3.8) is 0 Å². The zero-order valence-corrected chi connectivity index (χ0v) is 10.5. The fourth-order valence-electron chi connectivity index (χ4n) is 3.29. The summed E-state index contributed by atoms with van der Waals surface area (Å²) in [4.78, 5) is 2.67. The van der Waals surface area contributed by atoms with Gasteiger partial charge in [0.25, 0.3) is 0 Å². The highest BCUT2D eigenvalue weighted by molar-refractivity contribution is 4.94. The molecule has 0 aliphatic carbocycles. The average molecular weight is 226 g/mol. The van der Waals surface area contributed by atoms with E-state index < -0.39 is 0 Å². The highest BCUT2D eigenvalue weighted by Crippen LogP contribution is 2.27. The molecule has 3 atom stereocenters. The van der Waals surface area contributed by atoms with Crippen molar-refractivity contribution in [2.75, 3.05) is 19.7 Å². The largest absolute Gasteiger partial charge is 0.396 e. The molecule has 0 radical (unpaired) electrons. The molecule has 2 heterocycles. The van der Waals surface area contributed by atoms with Gasteiger partial charge >= 0.3 is 0 Å². The minimum absolute atomic E-state index is 0.326. The molecule has 0 aromatic carbocycles. The lowest BCUT2D eigenvalue weighted by atomic mass is 9.98. The van der Waals surface area contributed by atoms with E-state index >= 15 is 0 Å². The van der Waals surface area contributed by atoms with Gasteiger partial charge in [-0.3, -0.25) is 4.90 Å². The molecule has 0 aromatic heterocycles. The Hall–Kier alpha value is -0.120. The van der Waals surface area contributed by atoms with Crippen LogP contribution < -0.4 is 5.32 Å². The number of hydrogen-bond acceptors (Lipinski definition) is 3. The lowest BCUT2D eigenvalue weighted by molar-refractivity contribution is 0.175. The molecule has 3 nitrogen and oxygen atoms in total. The van der Waals surface area contributed by atoms with Crippen LogP contribution in [0.1, 0.15) is 45.4 Å². The van der Waals surface area contributed by atoms with Crippen molar-refractivity contribution in [1.29, 1.82) is 0 Å². The third kappa shape index (κ3) is 2.96. The van der Waals surface area contributed by atoms with Crippen LogP contribution in [0, 0.1) is 0 Å². The Balaban J connectivity index is 1.76. The van der Waals surface area contributed by atoms with Crippen molar-refractivity contribution < 1.29 is 5.11 Å². The van der Waals surface area contributed by atoms with Gasteiger partial charge in [0.2, 0.25) is 0 Å². The molecule has 2 aliphatic rings. The monoisotopic (exact) mass is 226 g/mol. The molecule has 3 heteroatoms. The summed E-state index contributed by atoms with van der Waals surface area (Å²) in [6.07, 6.45) is 7.52. The van der Waals surface area contributed by atoms with E-state index in [1.807, 2.05) is 0 Å². The van der Waals surface area contributed by atoms with Gasteiger partial charge in [0.05, 0.1) is 0 Å². The molecule has 94 valence electrons. The second kappa shape index (κ2) is 5.99. The predicted molar refractivity (Wildman–Crippen MR) is 66.5 cm³/mol. The van der Waals surface area contributed by atoms with Crippen LogP contribution in [0.2, 0.25) is 0 Å². The maximum absolute atomic E-state index is 8.83. The minimum atomic E-state index is 0.326. The van der Waals surface area contributed by atoms with Crippen molar-refractivity contribution in [3.8, 4) is 0 Å². The van der Waals surface area contributed by atoms with Crippen LogP contribution in [0.25, 0.3) is 0 Å². The Morgan fingerprint density at radius 3 is 3.00 bits per heavy atom. The first kappa shape index (κ1) is 12.3. The summed E-state index contributed by atoms with van der Waals surface area (Å²) in [6.45, 7) is 5.18. The van der Waals surface area contributed by atoms with E-state index in [-0.39, 0.29) is 0 Å². The zero-order valence-electron chi connectivity index (χ0n) is 10.5. The number of rotatable bonds is 5. The lowest BCUT2D eigenvalue weighted by Gasteiger charge is -2.33. The molecule has 0 bridgehead atoms. The first-order chi connectivity index (χ1) is 7.81. The van der Waals surface area contributed by atoms with E-state index in [1.54, 1.807) is 0 Å². The highest BCUT2D eigenvalue weighted by Gasteiger charge is 2.35. The van der Waals surface area contributed by atoms with Crippen molar-refractivity contribution in [2.45, 2.75) is 63.6 Å². The van der Waals surface area contributed by atoms with Gasteiger partial charge in [0.15, 0.2) is 0 Å². The Morgan fingerprint density at radius 1 is 1.31 bits per heavy atom. The fraction of sp³-hybridized carbons (Fsp3) is 1.00. The molecular formula is C13H26N2O. The standard InChI is InChI=1S/C13H26N2O/c1-11(5-4-10-16)14-12-7-9-15-8-3-2-6-13(12)15/h11-14,16H,2-10H2,1H3. The topological polar surface area (TPSA) is 35.5 Å². The van der Waals surface area contributed by atoms with Crippen LogP contribution in [-0.2, 0) is 0 Å². The van der Waals surface area contributed by atoms with Gasteiger partial charge in [-0.2, -0.15) is 0 Å². The molecule has 0 aromatic rings. The number of nitrogens with one attached hydrogen (secondary N) is 1. The molecular weight excluding hydrogens is 200 g/mol. The van der Waals surface area contributed by atoms with E-state index in [4.69, 9.17) is 5.11 Å². The molecule has 2 N–H and O–H groups in total. The van der Waals surface area contributed by atoms with E-state index in [9.17, 15) is 0 Å². The average Bonchev–Trinajstić information content (AvgIpc) is 2.70. The second-order valence-electron chi connectivity index (χ2n) is 5.43. The van der Waals surface area contributed by atoms with Crippen LogP contribution in [0.15, 0.2) is 0 Å². The van der Waals surface area contributed by atoms with Crippen LogP contribution >= 0.6 is 0 Å². The zero-order chi connectivity index (χ0) is 11.4. The Bertz CT molecular complexity index is 210.